The maximum Gasteiger partial charge on any atom is 0.309 e. The zero-order valence-electron chi connectivity index (χ0n) is 12.9. The first-order chi connectivity index (χ1) is 9.73. The van der Waals surface area contributed by atoms with Gasteiger partial charge in [0.2, 0.25) is 10.0 Å². The van der Waals surface area contributed by atoms with Gasteiger partial charge in [-0.05, 0) is 30.7 Å². The van der Waals surface area contributed by atoms with Crippen LogP contribution in [-0.4, -0.2) is 46.5 Å². The Balaban J connectivity index is 2.99. The van der Waals surface area contributed by atoms with Gasteiger partial charge in [0.05, 0.1) is 25.0 Å². The molecule has 6 nitrogen and oxygen atoms in total. The van der Waals surface area contributed by atoms with Crippen LogP contribution < -0.4 is 4.74 Å². The summed E-state index contributed by atoms with van der Waals surface area (Å²) in [6, 6.07) is 4.65. The number of sulfonamides is 1. The first kappa shape index (κ1) is 17.5. The molecular formula is C14H21NO5S. The standard InChI is InChI=1S/C14H21NO5S/c1-10-8-12(6-7-13(10)19-4)21(17,18)15(3)9-11(2)14(16)20-5/h6-8,11H,9H2,1-5H3. The van der Waals surface area contributed by atoms with Crippen LogP contribution in [0.5, 0.6) is 5.75 Å². The highest BCUT2D eigenvalue weighted by Crippen LogP contribution is 2.23. The van der Waals surface area contributed by atoms with Crippen molar-refractivity contribution in [2.75, 3.05) is 27.8 Å². The van der Waals surface area contributed by atoms with Crippen molar-refractivity contribution in [1.29, 1.82) is 0 Å². The number of hydrogen-bond donors (Lipinski definition) is 0. The number of carbonyl (C=O) groups excluding carboxylic acids is 1. The maximum atomic E-state index is 12.5. The Labute approximate surface area is 125 Å². The number of carbonyl (C=O) groups is 1. The second kappa shape index (κ2) is 6.91. The van der Waals surface area contributed by atoms with E-state index >= 15 is 0 Å². The van der Waals surface area contributed by atoms with Gasteiger partial charge in [0.25, 0.3) is 0 Å². The van der Waals surface area contributed by atoms with Crippen molar-refractivity contribution in [3.05, 3.63) is 23.8 Å². The van der Waals surface area contributed by atoms with E-state index in [1.54, 1.807) is 26.0 Å². The summed E-state index contributed by atoms with van der Waals surface area (Å²) < 4.78 is 35.8. The lowest BCUT2D eigenvalue weighted by atomic mass is 10.2. The summed E-state index contributed by atoms with van der Waals surface area (Å²) in [7, 11) is 0.592. The molecule has 7 heteroatoms. The lowest BCUT2D eigenvalue weighted by Crippen LogP contribution is -2.34. The lowest BCUT2D eigenvalue weighted by molar-refractivity contribution is -0.144. The molecule has 0 saturated heterocycles. The first-order valence-electron chi connectivity index (χ1n) is 6.42. The smallest absolute Gasteiger partial charge is 0.309 e. The second-order valence-electron chi connectivity index (χ2n) is 4.84. The van der Waals surface area contributed by atoms with Crippen molar-refractivity contribution in [2.45, 2.75) is 18.7 Å². The van der Waals surface area contributed by atoms with Crippen LogP contribution in [0.3, 0.4) is 0 Å². The molecule has 0 aromatic heterocycles. The Kier molecular flexibility index (Phi) is 5.74. The molecule has 0 saturated carbocycles. The Bertz CT molecular complexity index is 612. The van der Waals surface area contributed by atoms with Crippen LogP contribution in [0.4, 0.5) is 0 Å². The van der Waals surface area contributed by atoms with Crippen molar-refractivity contribution in [2.24, 2.45) is 5.92 Å². The van der Waals surface area contributed by atoms with E-state index in [-0.39, 0.29) is 11.4 Å². The van der Waals surface area contributed by atoms with Crippen LogP contribution in [0.15, 0.2) is 23.1 Å². The molecule has 1 unspecified atom stereocenters. The number of methoxy groups -OCH3 is 2. The van der Waals surface area contributed by atoms with Crippen LogP contribution in [-0.2, 0) is 19.6 Å². The third-order valence-electron chi connectivity index (χ3n) is 3.21. The van der Waals surface area contributed by atoms with E-state index in [1.165, 1.54) is 27.3 Å². The lowest BCUT2D eigenvalue weighted by Gasteiger charge is -2.20. The van der Waals surface area contributed by atoms with E-state index in [4.69, 9.17) is 4.74 Å². The third kappa shape index (κ3) is 3.95. The summed E-state index contributed by atoms with van der Waals surface area (Å²) in [6.45, 7) is 3.45. The predicted octanol–water partition coefficient (Wildman–Crippen LogP) is 1.43. The Hall–Kier alpha value is -1.60. The van der Waals surface area contributed by atoms with Crippen molar-refractivity contribution in [1.82, 2.24) is 4.31 Å². The zero-order chi connectivity index (χ0) is 16.2. The van der Waals surface area contributed by atoms with Gasteiger partial charge in [-0.3, -0.25) is 4.79 Å². The Morgan fingerprint density at radius 1 is 1.33 bits per heavy atom. The van der Waals surface area contributed by atoms with E-state index in [2.05, 4.69) is 4.74 Å². The molecule has 0 N–H and O–H groups in total. The largest absolute Gasteiger partial charge is 0.496 e. The fourth-order valence-electron chi connectivity index (χ4n) is 1.95. The molecule has 0 aliphatic heterocycles. The van der Waals surface area contributed by atoms with Crippen molar-refractivity contribution in [3.8, 4) is 5.75 Å². The van der Waals surface area contributed by atoms with Gasteiger partial charge >= 0.3 is 5.97 Å². The van der Waals surface area contributed by atoms with Gasteiger partial charge in [0.1, 0.15) is 5.75 Å². The molecule has 1 aromatic carbocycles. The fraction of sp³-hybridized carbons (Fsp3) is 0.500. The molecule has 0 bridgehead atoms. The van der Waals surface area contributed by atoms with Gasteiger partial charge in [-0.2, -0.15) is 0 Å². The average Bonchev–Trinajstić information content (AvgIpc) is 2.45. The van der Waals surface area contributed by atoms with E-state index in [0.29, 0.717) is 5.75 Å². The minimum absolute atomic E-state index is 0.0556. The highest BCUT2D eigenvalue weighted by molar-refractivity contribution is 7.89. The zero-order valence-corrected chi connectivity index (χ0v) is 13.7. The highest BCUT2D eigenvalue weighted by Gasteiger charge is 2.25. The van der Waals surface area contributed by atoms with Crippen LogP contribution >= 0.6 is 0 Å². The molecule has 21 heavy (non-hydrogen) atoms. The van der Waals surface area contributed by atoms with Crippen LogP contribution in [0, 0.1) is 12.8 Å². The van der Waals surface area contributed by atoms with E-state index in [0.717, 1.165) is 9.87 Å². The maximum absolute atomic E-state index is 12.5. The quantitative estimate of drug-likeness (QED) is 0.743. The normalized spacial score (nSPS) is 13.0. The monoisotopic (exact) mass is 315 g/mol. The summed E-state index contributed by atoms with van der Waals surface area (Å²) in [5, 5.41) is 0. The Morgan fingerprint density at radius 2 is 1.95 bits per heavy atom. The number of nitrogens with zero attached hydrogens (tertiary/aromatic N) is 1. The van der Waals surface area contributed by atoms with Gasteiger partial charge in [-0.25, -0.2) is 12.7 Å². The molecule has 1 aromatic rings. The summed E-state index contributed by atoms with van der Waals surface area (Å²) in [6.07, 6.45) is 0. The summed E-state index contributed by atoms with van der Waals surface area (Å²) in [5.74, 6) is -0.350. The van der Waals surface area contributed by atoms with E-state index in [9.17, 15) is 13.2 Å². The molecule has 0 spiro atoms. The summed E-state index contributed by atoms with van der Waals surface area (Å²) in [4.78, 5) is 11.6. The number of rotatable bonds is 6. The first-order valence-corrected chi connectivity index (χ1v) is 7.86. The Morgan fingerprint density at radius 3 is 2.43 bits per heavy atom. The molecule has 0 aliphatic carbocycles. The van der Waals surface area contributed by atoms with E-state index < -0.39 is 21.9 Å². The van der Waals surface area contributed by atoms with Gasteiger partial charge in [-0.1, -0.05) is 6.92 Å². The molecule has 0 aliphatic rings. The molecule has 0 radical (unpaired) electrons. The number of benzene rings is 1. The second-order valence-corrected chi connectivity index (χ2v) is 6.89. The topological polar surface area (TPSA) is 72.9 Å². The molecule has 0 heterocycles. The molecular weight excluding hydrogens is 294 g/mol. The van der Waals surface area contributed by atoms with Crippen LogP contribution in [0.2, 0.25) is 0 Å². The minimum Gasteiger partial charge on any atom is -0.496 e. The van der Waals surface area contributed by atoms with Gasteiger partial charge in [0.15, 0.2) is 0 Å². The minimum atomic E-state index is -3.65. The van der Waals surface area contributed by atoms with Gasteiger partial charge in [0, 0.05) is 13.6 Å². The number of hydrogen-bond acceptors (Lipinski definition) is 5. The van der Waals surface area contributed by atoms with Gasteiger partial charge in [-0.15, -0.1) is 0 Å². The fourth-order valence-corrected chi connectivity index (χ4v) is 3.30. The van der Waals surface area contributed by atoms with E-state index in [1.807, 2.05) is 0 Å². The predicted molar refractivity (Wildman–Crippen MR) is 78.7 cm³/mol. The van der Waals surface area contributed by atoms with Crippen molar-refractivity contribution >= 4 is 16.0 Å². The van der Waals surface area contributed by atoms with Crippen molar-refractivity contribution in [3.63, 3.8) is 0 Å². The molecule has 0 fully saturated rings. The molecule has 118 valence electrons. The molecule has 1 atom stereocenters. The SMILES string of the molecule is COC(=O)C(C)CN(C)S(=O)(=O)c1ccc(OC)c(C)c1. The average molecular weight is 315 g/mol. The highest BCUT2D eigenvalue weighted by atomic mass is 32.2. The number of esters is 1. The van der Waals surface area contributed by atoms with Crippen LogP contribution in [0.25, 0.3) is 0 Å². The van der Waals surface area contributed by atoms with Crippen molar-refractivity contribution < 1.29 is 22.7 Å². The number of ether oxygens (including phenoxy) is 2. The van der Waals surface area contributed by atoms with Gasteiger partial charge < -0.3 is 9.47 Å². The third-order valence-corrected chi connectivity index (χ3v) is 5.03. The van der Waals surface area contributed by atoms with Crippen LogP contribution in [0.1, 0.15) is 12.5 Å². The number of aryl methyl sites for hydroxylation is 1. The summed E-state index contributed by atoms with van der Waals surface area (Å²) >= 11 is 0. The molecule has 1 rings (SSSR count). The molecule has 0 amide bonds. The summed E-state index contributed by atoms with van der Waals surface area (Å²) in [5.41, 5.74) is 0.730.